The molecule has 28 heavy (non-hydrogen) atoms. The molecule has 0 spiro atoms. The zero-order valence-electron chi connectivity index (χ0n) is 15.7. The van der Waals surface area contributed by atoms with Crippen molar-refractivity contribution in [2.24, 2.45) is 0 Å². The summed E-state index contributed by atoms with van der Waals surface area (Å²) in [5.41, 5.74) is 3.79. The van der Waals surface area contributed by atoms with Gasteiger partial charge in [-0.15, -0.1) is 0 Å². The molecule has 0 unspecified atom stereocenters. The summed E-state index contributed by atoms with van der Waals surface area (Å²) in [5, 5.41) is 2.93. The van der Waals surface area contributed by atoms with Crippen molar-refractivity contribution in [2.75, 3.05) is 36.0 Å². The molecular weight excluding hydrogens is 350 g/mol. The molecule has 142 valence electrons. The van der Waals surface area contributed by atoms with Crippen LogP contribution in [0.2, 0.25) is 0 Å². The van der Waals surface area contributed by atoms with E-state index in [-0.39, 0.29) is 5.91 Å². The first-order chi connectivity index (χ1) is 13.8. The van der Waals surface area contributed by atoms with Crippen LogP contribution in [0, 0.1) is 0 Å². The van der Waals surface area contributed by atoms with Gasteiger partial charge in [0.05, 0.1) is 17.4 Å². The average Bonchev–Trinajstić information content (AvgIpc) is 2.79. The highest BCUT2D eigenvalue weighted by atomic mass is 16.1. The fourth-order valence-electron chi connectivity index (χ4n) is 3.37. The van der Waals surface area contributed by atoms with E-state index in [0.29, 0.717) is 12.1 Å². The third-order valence-electron chi connectivity index (χ3n) is 4.93. The van der Waals surface area contributed by atoms with Gasteiger partial charge >= 0.3 is 0 Å². The minimum Gasteiger partial charge on any atom is -0.368 e. The first kappa shape index (κ1) is 18.0. The Kier molecular flexibility index (Phi) is 5.47. The molecule has 0 saturated carbocycles. The van der Waals surface area contributed by atoms with Gasteiger partial charge in [-0.25, -0.2) is 0 Å². The maximum atomic E-state index is 12.5. The summed E-state index contributed by atoms with van der Waals surface area (Å²) in [4.78, 5) is 25.5. The second kappa shape index (κ2) is 8.52. The fraction of sp³-hybridized carbons (Fsp3) is 0.227. The van der Waals surface area contributed by atoms with Gasteiger partial charge in [0.2, 0.25) is 0 Å². The number of carbonyl (C=O) groups excluding carboxylic acids is 1. The molecule has 4 rings (SSSR count). The Morgan fingerprint density at radius 3 is 2.32 bits per heavy atom. The lowest BCUT2D eigenvalue weighted by Gasteiger charge is -2.37. The highest BCUT2D eigenvalue weighted by Gasteiger charge is 2.18. The van der Waals surface area contributed by atoms with Crippen molar-refractivity contribution in [3.8, 4) is 0 Å². The second-order valence-electron chi connectivity index (χ2n) is 6.79. The van der Waals surface area contributed by atoms with Crippen molar-refractivity contribution >= 4 is 17.3 Å². The zero-order chi connectivity index (χ0) is 19.2. The van der Waals surface area contributed by atoms with Gasteiger partial charge in [0.1, 0.15) is 0 Å². The molecule has 1 saturated heterocycles. The van der Waals surface area contributed by atoms with E-state index in [1.165, 1.54) is 5.69 Å². The number of piperazine rings is 1. The van der Waals surface area contributed by atoms with Crippen molar-refractivity contribution in [3.05, 3.63) is 84.4 Å². The number of aromatic nitrogens is 2. The van der Waals surface area contributed by atoms with Crippen LogP contribution in [0.3, 0.4) is 0 Å². The van der Waals surface area contributed by atoms with Crippen LogP contribution in [0.5, 0.6) is 0 Å². The zero-order valence-corrected chi connectivity index (χ0v) is 15.7. The highest BCUT2D eigenvalue weighted by molar-refractivity contribution is 5.94. The molecule has 6 nitrogen and oxygen atoms in total. The van der Waals surface area contributed by atoms with Crippen LogP contribution in [-0.2, 0) is 6.54 Å². The maximum absolute atomic E-state index is 12.5. The standard InChI is InChI=1S/C22H23N5O/c28-22(25-15-18-5-4-8-23-14-18)19-13-21(17-24-16-19)27-11-9-26(10-12-27)20-6-2-1-3-7-20/h1-8,13-14,16-17H,9-12,15H2,(H,25,28). The summed E-state index contributed by atoms with van der Waals surface area (Å²) >= 11 is 0. The molecule has 2 aromatic heterocycles. The molecule has 3 aromatic rings. The minimum atomic E-state index is -0.124. The quantitative estimate of drug-likeness (QED) is 0.745. The number of para-hydroxylation sites is 1. The summed E-state index contributed by atoms with van der Waals surface area (Å²) in [6.45, 7) is 4.14. The lowest BCUT2D eigenvalue weighted by molar-refractivity contribution is 0.0950. The number of hydrogen-bond donors (Lipinski definition) is 1. The third kappa shape index (κ3) is 4.28. The number of pyridine rings is 2. The van der Waals surface area contributed by atoms with Crippen LogP contribution < -0.4 is 15.1 Å². The summed E-state index contributed by atoms with van der Waals surface area (Å²) < 4.78 is 0. The Morgan fingerprint density at radius 2 is 1.61 bits per heavy atom. The van der Waals surface area contributed by atoms with E-state index < -0.39 is 0 Å². The van der Waals surface area contributed by atoms with Gasteiger partial charge < -0.3 is 15.1 Å². The largest absolute Gasteiger partial charge is 0.368 e. The second-order valence-corrected chi connectivity index (χ2v) is 6.79. The molecule has 1 amide bonds. The molecule has 1 aromatic carbocycles. The molecule has 6 heteroatoms. The molecule has 0 atom stereocenters. The van der Waals surface area contributed by atoms with Gasteiger partial charge in [-0.3, -0.25) is 14.8 Å². The van der Waals surface area contributed by atoms with E-state index >= 15 is 0 Å². The van der Waals surface area contributed by atoms with Crippen LogP contribution in [-0.4, -0.2) is 42.1 Å². The summed E-state index contributed by atoms with van der Waals surface area (Å²) in [6, 6.07) is 16.2. The molecule has 1 fully saturated rings. The Morgan fingerprint density at radius 1 is 0.857 bits per heavy atom. The number of benzene rings is 1. The van der Waals surface area contributed by atoms with Crippen molar-refractivity contribution < 1.29 is 4.79 Å². The molecule has 1 aliphatic rings. The smallest absolute Gasteiger partial charge is 0.253 e. The number of hydrogen-bond acceptors (Lipinski definition) is 5. The SMILES string of the molecule is O=C(NCc1cccnc1)c1cncc(N2CCN(c3ccccc3)CC2)c1. The Bertz CT molecular complexity index is 908. The van der Waals surface area contributed by atoms with E-state index in [0.717, 1.165) is 37.4 Å². The highest BCUT2D eigenvalue weighted by Crippen LogP contribution is 2.20. The number of carbonyl (C=O) groups is 1. The Balaban J connectivity index is 1.37. The van der Waals surface area contributed by atoms with Crippen molar-refractivity contribution in [1.82, 2.24) is 15.3 Å². The van der Waals surface area contributed by atoms with Crippen LogP contribution in [0.4, 0.5) is 11.4 Å². The van der Waals surface area contributed by atoms with E-state index in [1.54, 1.807) is 18.6 Å². The monoisotopic (exact) mass is 373 g/mol. The third-order valence-corrected chi connectivity index (χ3v) is 4.93. The molecular formula is C22H23N5O. The first-order valence-corrected chi connectivity index (χ1v) is 9.47. The predicted molar refractivity (Wildman–Crippen MR) is 111 cm³/mol. The van der Waals surface area contributed by atoms with Gasteiger partial charge in [0, 0.05) is 57.0 Å². The molecule has 0 radical (unpaired) electrons. The maximum Gasteiger partial charge on any atom is 0.253 e. The van der Waals surface area contributed by atoms with Gasteiger partial charge in [-0.05, 0) is 29.8 Å². The molecule has 3 heterocycles. The summed E-state index contributed by atoms with van der Waals surface area (Å²) in [5.74, 6) is -0.124. The lowest BCUT2D eigenvalue weighted by atomic mass is 10.2. The number of amides is 1. The van der Waals surface area contributed by atoms with E-state index in [2.05, 4.69) is 49.4 Å². The Hall–Kier alpha value is -3.41. The van der Waals surface area contributed by atoms with Gasteiger partial charge in [-0.2, -0.15) is 0 Å². The molecule has 1 N–H and O–H groups in total. The normalized spacial score (nSPS) is 14.0. The van der Waals surface area contributed by atoms with Crippen molar-refractivity contribution in [1.29, 1.82) is 0 Å². The van der Waals surface area contributed by atoms with Crippen LogP contribution >= 0.6 is 0 Å². The van der Waals surface area contributed by atoms with Gasteiger partial charge in [0.15, 0.2) is 0 Å². The average molecular weight is 373 g/mol. The predicted octanol–water partition coefficient (Wildman–Crippen LogP) is 2.73. The van der Waals surface area contributed by atoms with Crippen molar-refractivity contribution in [2.45, 2.75) is 6.54 Å². The summed E-state index contributed by atoms with van der Waals surface area (Å²) in [6.07, 6.45) is 6.91. The number of rotatable bonds is 5. The van der Waals surface area contributed by atoms with E-state index in [1.807, 2.05) is 30.5 Å². The number of nitrogens with one attached hydrogen (secondary N) is 1. The van der Waals surface area contributed by atoms with Crippen LogP contribution in [0.1, 0.15) is 15.9 Å². The topological polar surface area (TPSA) is 61.4 Å². The van der Waals surface area contributed by atoms with Gasteiger partial charge in [0.25, 0.3) is 5.91 Å². The minimum absolute atomic E-state index is 0.124. The van der Waals surface area contributed by atoms with E-state index in [9.17, 15) is 4.79 Å². The van der Waals surface area contributed by atoms with Crippen LogP contribution in [0.15, 0.2) is 73.3 Å². The van der Waals surface area contributed by atoms with E-state index in [4.69, 9.17) is 0 Å². The van der Waals surface area contributed by atoms with Crippen molar-refractivity contribution in [3.63, 3.8) is 0 Å². The lowest BCUT2D eigenvalue weighted by Crippen LogP contribution is -2.46. The Labute approximate surface area is 164 Å². The summed E-state index contributed by atoms with van der Waals surface area (Å²) in [7, 11) is 0. The molecule has 0 aliphatic carbocycles. The first-order valence-electron chi connectivity index (χ1n) is 9.47. The number of nitrogens with zero attached hydrogens (tertiary/aromatic N) is 4. The van der Waals surface area contributed by atoms with Gasteiger partial charge in [-0.1, -0.05) is 24.3 Å². The van der Waals surface area contributed by atoms with Crippen LogP contribution in [0.25, 0.3) is 0 Å². The number of anilines is 2. The fourth-order valence-corrected chi connectivity index (χ4v) is 3.37. The molecule has 1 aliphatic heterocycles. The molecule has 0 bridgehead atoms.